The second kappa shape index (κ2) is 5.02. The van der Waals surface area contributed by atoms with E-state index in [4.69, 9.17) is 4.74 Å². The maximum absolute atomic E-state index is 11.9. The molecule has 0 heterocycles. The summed E-state index contributed by atoms with van der Waals surface area (Å²) in [5.41, 5.74) is -1.18. The van der Waals surface area contributed by atoms with Crippen LogP contribution in [0.3, 0.4) is 0 Å². The number of carbonyl (C=O) groups excluding carboxylic acids is 2. The monoisotopic (exact) mass is 245 g/mol. The van der Waals surface area contributed by atoms with Crippen molar-refractivity contribution in [2.24, 2.45) is 5.41 Å². The molecule has 1 N–H and O–H groups in total. The molecule has 1 amide bonds. The van der Waals surface area contributed by atoms with E-state index in [0.717, 1.165) is 0 Å². The van der Waals surface area contributed by atoms with E-state index in [1.54, 1.807) is 20.8 Å². The number of halogens is 1. The van der Waals surface area contributed by atoms with Gasteiger partial charge in [0.25, 0.3) is 0 Å². The van der Waals surface area contributed by atoms with Gasteiger partial charge in [-0.2, -0.15) is 0 Å². The lowest BCUT2D eigenvalue weighted by atomic mass is 10.0. The van der Waals surface area contributed by atoms with Crippen LogP contribution in [-0.4, -0.2) is 30.7 Å². The number of alkyl halides is 1. The predicted octanol–water partition coefficient (Wildman–Crippen LogP) is 1.58. The van der Waals surface area contributed by atoms with E-state index in [2.05, 4.69) is 5.32 Å². The molecule has 1 fully saturated rings. The second-order valence-corrected chi connectivity index (χ2v) is 5.49. The average molecular weight is 245 g/mol. The number of ether oxygens (including phenoxy) is 1. The van der Waals surface area contributed by atoms with Gasteiger partial charge in [-0.25, -0.2) is 4.39 Å². The molecular formula is C12H20FNO3. The van der Waals surface area contributed by atoms with Crippen molar-refractivity contribution in [2.45, 2.75) is 45.6 Å². The Labute approximate surface area is 101 Å². The standard InChI is InChI=1S/C12H20FNO3/c1-11(2,3)17-9(15)8-12(4-5-12)10(16)14-7-6-13/h4-8H2,1-3H3,(H,14,16). The minimum absolute atomic E-state index is 0.00883. The van der Waals surface area contributed by atoms with Crippen molar-refractivity contribution < 1.29 is 18.7 Å². The number of carbonyl (C=O) groups is 2. The third kappa shape index (κ3) is 4.32. The Hall–Kier alpha value is -1.13. The fourth-order valence-electron chi connectivity index (χ4n) is 1.64. The highest BCUT2D eigenvalue weighted by Crippen LogP contribution is 2.49. The van der Waals surface area contributed by atoms with E-state index in [9.17, 15) is 14.0 Å². The lowest BCUT2D eigenvalue weighted by Gasteiger charge is -2.21. The van der Waals surface area contributed by atoms with Crippen LogP contribution in [0.25, 0.3) is 0 Å². The van der Waals surface area contributed by atoms with Crippen LogP contribution in [0.1, 0.15) is 40.0 Å². The molecule has 1 aliphatic rings. The fourth-order valence-corrected chi connectivity index (χ4v) is 1.64. The van der Waals surface area contributed by atoms with Crippen molar-refractivity contribution in [2.75, 3.05) is 13.2 Å². The van der Waals surface area contributed by atoms with Crippen LogP contribution in [0, 0.1) is 5.41 Å². The number of rotatable bonds is 5. The lowest BCUT2D eigenvalue weighted by molar-refractivity contribution is -0.158. The average Bonchev–Trinajstić information content (AvgIpc) is 2.91. The summed E-state index contributed by atoms with van der Waals surface area (Å²) in [7, 11) is 0. The van der Waals surface area contributed by atoms with Gasteiger partial charge >= 0.3 is 5.97 Å². The van der Waals surface area contributed by atoms with Crippen molar-refractivity contribution >= 4 is 11.9 Å². The molecule has 0 bridgehead atoms. The summed E-state index contributed by atoms with van der Waals surface area (Å²) in [6.45, 7) is 4.78. The van der Waals surface area contributed by atoms with E-state index < -0.39 is 17.7 Å². The molecule has 0 unspecified atom stereocenters. The van der Waals surface area contributed by atoms with Gasteiger partial charge in [-0.1, -0.05) is 0 Å². The van der Waals surface area contributed by atoms with Gasteiger partial charge in [-0.05, 0) is 33.6 Å². The van der Waals surface area contributed by atoms with Crippen LogP contribution in [-0.2, 0) is 14.3 Å². The van der Waals surface area contributed by atoms with Gasteiger partial charge in [0, 0.05) is 6.54 Å². The highest BCUT2D eigenvalue weighted by molar-refractivity contribution is 5.89. The van der Waals surface area contributed by atoms with Crippen molar-refractivity contribution in [3.8, 4) is 0 Å². The number of esters is 1. The smallest absolute Gasteiger partial charge is 0.307 e. The van der Waals surface area contributed by atoms with Crippen LogP contribution in [0.4, 0.5) is 4.39 Å². The van der Waals surface area contributed by atoms with Gasteiger partial charge in [0.05, 0.1) is 11.8 Å². The first-order valence-corrected chi connectivity index (χ1v) is 5.85. The van der Waals surface area contributed by atoms with Crippen LogP contribution in [0.2, 0.25) is 0 Å². The van der Waals surface area contributed by atoms with E-state index in [0.29, 0.717) is 12.8 Å². The molecule has 0 spiro atoms. The van der Waals surface area contributed by atoms with Gasteiger partial charge in [0.2, 0.25) is 5.91 Å². The molecule has 1 aliphatic carbocycles. The highest BCUT2D eigenvalue weighted by Gasteiger charge is 2.51. The van der Waals surface area contributed by atoms with Crippen LogP contribution < -0.4 is 5.32 Å². The highest BCUT2D eigenvalue weighted by atomic mass is 19.1. The Morgan fingerprint density at radius 2 is 1.94 bits per heavy atom. The molecular weight excluding hydrogens is 225 g/mol. The third-order valence-electron chi connectivity index (χ3n) is 2.62. The zero-order chi connectivity index (χ0) is 13.1. The summed E-state index contributed by atoms with van der Waals surface area (Å²) >= 11 is 0. The predicted molar refractivity (Wildman–Crippen MR) is 61.1 cm³/mol. The van der Waals surface area contributed by atoms with Gasteiger partial charge < -0.3 is 10.1 Å². The largest absolute Gasteiger partial charge is 0.460 e. The molecule has 5 heteroatoms. The number of hydrogen-bond acceptors (Lipinski definition) is 3. The molecule has 0 aromatic rings. The Balaban J connectivity index is 2.45. The van der Waals surface area contributed by atoms with Gasteiger partial charge in [0.1, 0.15) is 12.3 Å². The van der Waals surface area contributed by atoms with Crippen molar-refractivity contribution in [1.82, 2.24) is 5.32 Å². The summed E-state index contributed by atoms with van der Waals surface area (Å²) in [5, 5.41) is 2.48. The minimum Gasteiger partial charge on any atom is -0.460 e. The third-order valence-corrected chi connectivity index (χ3v) is 2.62. The van der Waals surface area contributed by atoms with Gasteiger partial charge in [0.15, 0.2) is 0 Å². The summed E-state index contributed by atoms with van der Waals surface area (Å²) in [6, 6.07) is 0. The maximum Gasteiger partial charge on any atom is 0.307 e. The molecule has 0 aromatic carbocycles. The van der Waals surface area contributed by atoms with Gasteiger partial charge in [-0.15, -0.1) is 0 Å². The first-order chi connectivity index (χ1) is 7.79. The normalized spacial score (nSPS) is 17.4. The molecule has 0 aliphatic heterocycles. The molecule has 0 atom stereocenters. The molecule has 0 saturated heterocycles. The Kier molecular flexibility index (Phi) is 4.11. The van der Waals surface area contributed by atoms with E-state index in [-0.39, 0.29) is 24.8 Å². The minimum atomic E-state index is -0.641. The number of nitrogens with one attached hydrogen (secondary N) is 1. The summed E-state index contributed by atoms with van der Waals surface area (Å²) < 4.78 is 17.1. The molecule has 0 radical (unpaired) electrons. The summed E-state index contributed by atoms with van der Waals surface area (Å²) in [4.78, 5) is 23.3. The second-order valence-electron chi connectivity index (χ2n) is 5.49. The zero-order valence-corrected chi connectivity index (χ0v) is 10.6. The van der Waals surface area contributed by atoms with Crippen molar-refractivity contribution in [3.63, 3.8) is 0 Å². The van der Waals surface area contributed by atoms with Crippen molar-refractivity contribution in [3.05, 3.63) is 0 Å². The first-order valence-electron chi connectivity index (χ1n) is 5.85. The number of amides is 1. The quantitative estimate of drug-likeness (QED) is 0.748. The summed E-state index contributed by atoms with van der Waals surface area (Å²) in [5.74, 6) is -0.605. The molecule has 17 heavy (non-hydrogen) atoms. The first kappa shape index (κ1) is 13.9. The fraction of sp³-hybridized carbons (Fsp3) is 0.833. The Bertz CT molecular complexity index is 305. The van der Waals surface area contributed by atoms with E-state index in [1.807, 2.05) is 0 Å². The maximum atomic E-state index is 11.9. The Morgan fingerprint density at radius 1 is 1.35 bits per heavy atom. The Morgan fingerprint density at radius 3 is 2.35 bits per heavy atom. The topological polar surface area (TPSA) is 55.4 Å². The molecule has 4 nitrogen and oxygen atoms in total. The zero-order valence-electron chi connectivity index (χ0n) is 10.6. The lowest BCUT2D eigenvalue weighted by Crippen LogP contribution is -2.36. The SMILES string of the molecule is CC(C)(C)OC(=O)CC1(C(=O)NCCF)CC1. The number of hydrogen-bond donors (Lipinski definition) is 1. The summed E-state index contributed by atoms with van der Waals surface area (Å²) in [6.07, 6.45) is 1.43. The van der Waals surface area contributed by atoms with Gasteiger partial charge in [-0.3, -0.25) is 9.59 Å². The molecule has 98 valence electrons. The van der Waals surface area contributed by atoms with Crippen LogP contribution in [0.15, 0.2) is 0 Å². The molecule has 1 rings (SSSR count). The molecule has 0 aromatic heterocycles. The van der Waals surface area contributed by atoms with Crippen LogP contribution in [0.5, 0.6) is 0 Å². The van der Waals surface area contributed by atoms with Crippen molar-refractivity contribution in [1.29, 1.82) is 0 Å². The van der Waals surface area contributed by atoms with E-state index >= 15 is 0 Å². The van der Waals surface area contributed by atoms with Crippen LogP contribution >= 0.6 is 0 Å². The van der Waals surface area contributed by atoms with E-state index in [1.165, 1.54) is 0 Å². The molecule has 1 saturated carbocycles.